The maximum absolute atomic E-state index is 12.0. The average Bonchev–Trinajstić information content (AvgIpc) is 3.05. The van der Waals surface area contributed by atoms with Gasteiger partial charge in [-0.3, -0.25) is 4.79 Å². The molecule has 0 aromatic rings. The summed E-state index contributed by atoms with van der Waals surface area (Å²) in [5.74, 6) is 2.55. The van der Waals surface area contributed by atoms with Crippen LogP contribution < -0.4 is 0 Å². The number of aliphatic hydroxyl groups excluding tert-OH is 1. The zero-order chi connectivity index (χ0) is 21.7. The lowest BCUT2D eigenvalue weighted by Gasteiger charge is -2.59. The number of carbonyl (C=O) groups is 2. The Morgan fingerprint density at radius 1 is 1.27 bits per heavy atom. The van der Waals surface area contributed by atoms with E-state index in [1.807, 2.05) is 13.0 Å². The van der Waals surface area contributed by atoms with Crippen LogP contribution in [0.2, 0.25) is 0 Å². The topological polar surface area (TPSA) is 63.6 Å². The number of hydrogen-bond acceptors (Lipinski definition) is 4. The Morgan fingerprint density at radius 2 is 2.03 bits per heavy atom. The van der Waals surface area contributed by atoms with Gasteiger partial charge in [-0.1, -0.05) is 26.8 Å². The number of rotatable bonds is 4. The molecule has 8 atom stereocenters. The monoisotopic (exact) mass is 414 g/mol. The summed E-state index contributed by atoms with van der Waals surface area (Å²) >= 11 is 0. The minimum atomic E-state index is -0.469. The zero-order valence-corrected chi connectivity index (χ0v) is 19.0. The van der Waals surface area contributed by atoms with Crippen LogP contribution in [0, 0.1) is 40.4 Å². The second-order valence-electron chi connectivity index (χ2n) is 10.8. The predicted molar refractivity (Wildman–Crippen MR) is 117 cm³/mol. The van der Waals surface area contributed by atoms with Crippen molar-refractivity contribution < 1.29 is 19.4 Å². The lowest BCUT2D eigenvalue weighted by molar-refractivity contribution is -0.137. The molecule has 0 aromatic carbocycles. The molecular formula is C26H38O4. The fourth-order valence-electron chi connectivity index (χ4n) is 8.07. The molecule has 30 heavy (non-hydrogen) atoms. The van der Waals surface area contributed by atoms with Crippen LogP contribution in [-0.2, 0) is 14.3 Å². The normalized spacial score (nSPS) is 44.1. The van der Waals surface area contributed by atoms with E-state index in [1.165, 1.54) is 25.7 Å². The molecule has 166 valence electrons. The molecule has 4 rings (SSSR count). The lowest BCUT2D eigenvalue weighted by Crippen LogP contribution is -2.54. The summed E-state index contributed by atoms with van der Waals surface area (Å²) in [7, 11) is 0. The van der Waals surface area contributed by atoms with Crippen molar-refractivity contribution in [3.05, 3.63) is 23.8 Å². The summed E-state index contributed by atoms with van der Waals surface area (Å²) < 4.78 is 5.06. The van der Waals surface area contributed by atoms with Gasteiger partial charge in [-0.25, -0.2) is 4.79 Å². The van der Waals surface area contributed by atoms with Gasteiger partial charge in [-0.2, -0.15) is 0 Å². The van der Waals surface area contributed by atoms with Crippen molar-refractivity contribution in [3.63, 3.8) is 0 Å². The maximum Gasteiger partial charge on any atom is 0.330 e. The number of fused-ring (bicyclic) bond motifs is 5. The molecule has 0 spiro atoms. The molecule has 3 saturated carbocycles. The van der Waals surface area contributed by atoms with E-state index in [-0.39, 0.29) is 22.6 Å². The van der Waals surface area contributed by atoms with Crippen LogP contribution in [-0.4, -0.2) is 29.6 Å². The Morgan fingerprint density at radius 3 is 2.77 bits per heavy atom. The molecule has 4 heteroatoms. The molecule has 0 heterocycles. The minimum Gasteiger partial charge on any atom is -0.463 e. The van der Waals surface area contributed by atoms with Gasteiger partial charge in [0.15, 0.2) is 5.78 Å². The summed E-state index contributed by atoms with van der Waals surface area (Å²) in [6.45, 7) is 9.26. The summed E-state index contributed by atoms with van der Waals surface area (Å²) in [6, 6.07) is 0. The van der Waals surface area contributed by atoms with Crippen LogP contribution in [0.4, 0.5) is 0 Å². The second-order valence-corrected chi connectivity index (χ2v) is 10.8. The molecule has 4 nitrogen and oxygen atoms in total. The molecule has 0 bridgehead atoms. The smallest absolute Gasteiger partial charge is 0.330 e. The van der Waals surface area contributed by atoms with Crippen molar-refractivity contribution in [1.82, 2.24) is 0 Å². The molecule has 3 unspecified atom stereocenters. The molecule has 3 fully saturated rings. The molecule has 0 radical (unpaired) electrons. The van der Waals surface area contributed by atoms with Crippen molar-refractivity contribution >= 4 is 11.8 Å². The standard InChI is InChI=1S/C26H38O4/c1-5-30-24(29)9-6-16(2)19-7-8-20-18-15-23(28)22-14-17(27)10-12-26(22,4)21(18)11-13-25(19,20)3/h6,9,14,16,18-21,23,28H,5,7-8,10-13,15H2,1-4H3/b9-6+/t16-,18?,19-,20?,21?,23-,25-,26-/m1/s1. The van der Waals surface area contributed by atoms with Crippen molar-refractivity contribution in [2.75, 3.05) is 6.61 Å². The van der Waals surface area contributed by atoms with Crippen LogP contribution in [0.1, 0.15) is 72.6 Å². The Labute approximate surface area is 181 Å². The van der Waals surface area contributed by atoms with Crippen molar-refractivity contribution in [1.29, 1.82) is 0 Å². The first-order valence-corrected chi connectivity index (χ1v) is 12.0. The molecule has 0 aromatic heterocycles. The quantitative estimate of drug-likeness (QED) is 0.527. The molecule has 0 aliphatic heterocycles. The van der Waals surface area contributed by atoms with E-state index in [0.717, 1.165) is 18.4 Å². The highest BCUT2D eigenvalue weighted by atomic mass is 16.5. The van der Waals surface area contributed by atoms with Crippen molar-refractivity contribution in [2.24, 2.45) is 40.4 Å². The van der Waals surface area contributed by atoms with Crippen LogP contribution in [0.25, 0.3) is 0 Å². The molecule has 4 aliphatic rings. The van der Waals surface area contributed by atoms with Crippen LogP contribution in [0.15, 0.2) is 23.8 Å². The Kier molecular flexibility index (Phi) is 5.76. The van der Waals surface area contributed by atoms with E-state index >= 15 is 0 Å². The maximum atomic E-state index is 12.0. The number of carbonyl (C=O) groups excluding carboxylic acids is 2. The third-order valence-electron chi connectivity index (χ3n) is 9.51. The fraction of sp³-hybridized carbons (Fsp3) is 0.769. The number of ketones is 1. The van der Waals surface area contributed by atoms with Gasteiger partial charge in [0.1, 0.15) is 0 Å². The van der Waals surface area contributed by atoms with E-state index in [4.69, 9.17) is 4.74 Å². The van der Waals surface area contributed by atoms with Crippen molar-refractivity contribution in [3.8, 4) is 0 Å². The number of aliphatic hydroxyl groups is 1. The lowest BCUT2D eigenvalue weighted by atomic mass is 9.46. The summed E-state index contributed by atoms with van der Waals surface area (Å²) in [5, 5.41) is 11.0. The molecular weight excluding hydrogens is 376 g/mol. The van der Waals surface area contributed by atoms with Gasteiger partial charge in [0, 0.05) is 12.5 Å². The van der Waals surface area contributed by atoms with Gasteiger partial charge in [0.05, 0.1) is 12.7 Å². The Hall–Kier alpha value is -1.42. The van der Waals surface area contributed by atoms with Crippen LogP contribution in [0.5, 0.6) is 0 Å². The molecule has 0 amide bonds. The van der Waals surface area contributed by atoms with Crippen LogP contribution >= 0.6 is 0 Å². The third kappa shape index (κ3) is 3.39. The Balaban J connectivity index is 1.56. The largest absolute Gasteiger partial charge is 0.463 e. The zero-order valence-electron chi connectivity index (χ0n) is 19.0. The first-order valence-electron chi connectivity index (χ1n) is 12.0. The number of allylic oxidation sites excluding steroid dienone is 1. The molecule has 4 aliphatic carbocycles. The van der Waals surface area contributed by atoms with E-state index in [9.17, 15) is 14.7 Å². The van der Waals surface area contributed by atoms with Crippen LogP contribution in [0.3, 0.4) is 0 Å². The van der Waals surface area contributed by atoms with Gasteiger partial charge >= 0.3 is 5.97 Å². The summed E-state index contributed by atoms with van der Waals surface area (Å²) in [5.41, 5.74) is 1.25. The third-order valence-corrected chi connectivity index (χ3v) is 9.51. The van der Waals surface area contributed by atoms with E-state index in [1.54, 1.807) is 12.2 Å². The predicted octanol–water partition coefficient (Wildman–Crippen LogP) is 4.86. The second kappa shape index (κ2) is 7.93. The van der Waals surface area contributed by atoms with E-state index in [2.05, 4.69) is 20.8 Å². The highest BCUT2D eigenvalue weighted by Gasteiger charge is 2.60. The van der Waals surface area contributed by atoms with E-state index in [0.29, 0.717) is 42.6 Å². The summed E-state index contributed by atoms with van der Waals surface area (Å²) in [6.07, 6.45) is 12.1. The van der Waals surface area contributed by atoms with Crippen molar-refractivity contribution in [2.45, 2.75) is 78.7 Å². The van der Waals surface area contributed by atoms with Gasteiger partial charge in [0.25, 0.3) is 0 Å². The van der Waals surface area contributed by atoms with Gasteiger partial charge in [-0.05, 0) is 97.5 Å². The van der Waals surface area contributed by atoms with Gasteiger partial charge < -0.3 is 9.84 Å². The summed E-state index contributed by atoms with van der Waals surface area (Å²) in [4.78, 5) is 23.8. The molecule has 1 N–H and O–H groups in total. The average molecular weight is 415 g/mol. The highest BCUT2D eigenvalue weighted by Crippen LogP contribution is 2.67. The van der Waals surface area contributed by atoms with Gasteiger partial charge in [0.2, 0.25) is 0 Å². The Bertz CT molecular complexity index is 767. The highest BCUT2D eigenvalue weighted by molar-refractivity contribution is 5.91. The molecule has 0 saturated heterocycles. The van der Waals surface area contributed by atoms with Gasteiger partial charge in [-0.15, -0.1) is 0 Å². The number of esters is 1. The SMILES string of the molecule is CCOC(=O)/C=C/[C@@H](C)[C@H]1CCC2C3C[C@@H](O)C4=CC(=O)CC[C@]4(C)C3CC[C@@]21C. The number of ether oxygens (including phenoxy) is 1. The first-order chi connectivity index (χ1) is 14.2. The minimum absolute atomic E-state index is 0.0227. The first kappa shape index (κ1) is 21.8. The fourth-order valence-corrected chi connectivity index (χ4v) is 8.07. The van der Waals surface area contributed by atoms with E-state index < -0.39 is 6.10 Å². The number of hydrogen-bond donors (Lipinski definition) is 1.